The molecule has 3 heteroatoms. The minimum absolute atomic E-state index is 0.178. The number of benzene rings is 2. The molecule has 2 aromatic rings. The standard InChI is InChI=1S/C18H23NO2/c1-3-21-13-17-8-5-4-7-16(17)12-19-14(2)15-9-6-10-18(20)11-15/h4-11,14,19-20H,3,12-13H2,1-2H3. The molecule has 0 aliphatic heterocycles. The van der Waals surface area contributed by atoms with Crippen LogP contribution in [0.2, 0.25) is 0 Å². The summed E-state index contributed by atoms with van der Waals surface area (Å²) in [5, 5.41) is 13.0. The van der Waals surface area contributed by atoms with Crippen LogP contribution in [0.1, 0.15) is 36.6 Å². The van der Waals surface area contributed by atoms with E-state index in [0.29, 0.717) is 12.4 Å². The average molecular weight is 285 g/mol. The summed E-state index contributed by atoms with van der Waals surface area (Å²) in [7, 11) is 0. The van der Waals surface area contributed by atoms with E-state index in [1.165, 1.54) is 11.1 Å². The molecular weight excluding hydrogens is 262 g/mol. The Morgan fingerprint density at radius 1 is 1.10 bits per heavy atom. The van der Waals surface area contributed by atoms with E-state index in [4.69, 9.17) is 4.74 Å². The van der Waals surface area contributed by atoms with Gasteiger partial charge in [0, 0.05) is 19.2 Å². The third-order valence-electron chi connectivity index (χ3n) is 3.55. The van der Waals surface area contributed by atoms with Crippen LogP contribution in [0.15, 0.2) is 48.5 Å². The Morgan fingerprint density at radius 3 is 2.57 bits per heavy atom. The third kappa shape index (κ3) is 4.59. The Labute approximate surface area is 126 Å². The van der Waals surface area contributed by atoms with Gasteiger partial charge in [0.1, 0.15) is 5.75 Å². The van der Waals surface area contributed by atoms with Gasteiger partial charge >= 0.3 is 0 Å². The molecule has 0 saturated carbocycles. The summed E-state index contributed by atoms with van der Waals surface area (Å²) in [5.41, 5.74) is 3.55. The average Bonchev–Trinajstić information content (AvgIpc) is 2.51. The van der Waals surface area contributed by atoms with Crippen LogP contribution in [-0.2, 0) is 17.9 Å². The zero-order valence-corrected chi connectivity index (χ0v) is 12.7. The lowest BCUT2D eigenvalue weighted by Crippen LogP contribution is -2.19. The number of hydrogen-bond acceptors (Lipinski definition) is 3. The highest BCUT2D eigenvalue weighted by Gasteiger charge is 2.07. The second kappa shape index (κ2) is 7.81. The van der Waals surface area contributed by atoms with Crippen LogP contribution in [-0.4, -0.2) is 11.7 Å². The fraction of sp³-hybridized carbons (Fsp3) is 0.333. The molecule has 0 aliphatic carbocycles. The van der Waals surface area contributed by atoms with Gasteiger partial charge in [-0.1, -0.05) is 36.4 Å². The van der Waals surface area contributed by atoms with E-state index in [0.717, 1.165) is 18.7 Å². The fourth-order valence-corrected chi connectivity index (χ4v) is 2.26. The quantitative estimate of drug-likeness (QED) is 0.813. The van der Waals surface area contributed by atoms with Crippen LogP contribution >= 0.6 is 0 Å². The van der Waals surface area contributed by atoms with Gasteiger partial charge in [0.05, 0.1) is 6.61 Å². The summed E-state index contributed by atoms with van der Waals surface area (Å²) in [6, 6.07) is 15.9. The molecule has 0 aromatic heterocycles. The summed E-state index contributed by atoms with van der Waals surface area (Å²) in [5.74, 6) is 0.304. The van der Waals surface area contributed by atoms with E-state index in [-0.39, 0.29) is 6.04 Å². The molecule has 0 radical (unpaired) electrons. The van der Waals surface area contributed by atoms with E-state index >= 15 is 0 Å². The highest BCUT2D eigenvalue weighted by Crippen LogP contribution is 2.19. The minimum Gasteiger partial charge on any atom is -0.508 e. The first-order valence-electron chi connectivity index (χ1n) is 7.37. The zero-order valence-electron chi connectivity index (χ0n) is 12.7. The maximum absolute atomic E-state index is 9.54. The van der Waals surface area contributed by atoms with Crippen molar-refractivity contribution < 1.29 is 9.84 Å². The molecule has 0 amide bonds. The summed E-state index contributed by atoms with van der Waals surface area (Å²) in [6.45, 7) is 6.25. The first-order chi connectivity index (χ1) is 10.2. The van der Waals surface area contributed by atoms with E-state index < -0.39 is 0 Å². The van der Waals surface area contributed by atoms with Gasteiger partial charge < -0.3 is 15.2 Å². The highest BCUT2D eigenvalue weighted by atomic mass is 16.5. The number of hydrogen-bond donors (Lipinski definition) is 2. The number of ether oxygens (including phenoxy) is 1. The van der Waals surface area contributed by atoms with Gasteiger partial charge in [-0.2, -0.15) is 0 Å². The molecule has 3 nitrogen and oxygen atoms in total. The lowest BCUT2D eigenvalue weighted by atomic mass is 10.1. The van der Waals surface area contributed by atoms with Crippen LogP contribution in [0, 0.1) is 0 Å². The van der Waals surface area contributed by atoms with E-state index in [9.17, 15) is 5.11 Å². The largest absolute Gasteiger partial charge is 0.508 e. The van der Waals surface area contributed by atoms with Crippen molar-refractivity contribution in [2.24, 2.45) is 0 Å². The molecule has 0 aliphatic rings. The fourth-order valence-electron chi connectivity index (χ4n) is 2.26. The van der Waals surface area contributed by atoms with Gasteiger partial charge in [-0.15, -0.1) is 0 Å². The highest BCUT2D eigenvalue weighted by molar-refractivity contribution is 5.30. The number of rotatable bonds is 7. The van der Waals surface area contributed by atoms with Crippen LogP contribution < -0.4 is 5.32 Å². The third-order valence-corrected chi connectivity index (χ3v) is 3.55. The van der Waals surface area contributed by atoms with Gasteiger partial charge in [0.15, 0.2) is 0 Å². The van der Waals surface area contributed by atoms with Gasteiger partial charge in [0.25, 0.3) is 0 Å². The number of phenols is 1. The Balaban J connectivity index is 1.99. The molecule has 2 aromatic carbocycles. The van der Waals surface area contributed by atoms with Gasteiger partial charge in [-0.05, 0) is 42.7 Å². The van der Waals surface area contributed by atoms with Gasteiger partial charge in [-0.3, -0.25) is 0 Å². The van der Waals surface area contributed by atoms with Crippen molar-refractivity contribution in [1.29, 1.82) is 0 Å². The molecule has 0 heterocycles. The van der Waals surface area contributed by atoms with E-state index in [1.807, 2.05) is 31.2 Å². The summed E-state index contributed by atoms with van der Waals surface area (Å²) in [6.07, 6.45) is 0. The minimum atomic E-state index is 0.178. The summed E-state index contributed by atoms with van der Waals surface area (Å²) in [4.78, 5) is 0. The van der Waals surface area contributed by atoms with Crippen LogP contribution in [0.4, 0.5) is 0 Å². The predicted molar refractivity (Wildman–Crippen MR) is 85.1 cm³/mol. The summed E-state index contributed by atoms with van der Waals surface area (Å²) < 4.78 is 5.51. The Kier molecular flexibility index (Phi) is 5.78. The van der Waals surface area contributed by atoms with Crippen molar-refractivity contribution in [2.45, 2.75) is 33.0 Å². The normalized spacial score (nSPS) is 12.3. The maximum Gasteiger partial charge on any atom is 0.115 e. The first kappa shape index (κ1) is 15.5. The van der Waals surface area contributed by atoms with Gasteiger partial charge in [0.2, 0.25) is 0 Å². The molecular formula is C18H23NO2. The molecule has 0 bridgehead atoms. The van der Waals surface area contributed by atoms with Crippen LogP contribution in [0.3, 0.4) is 0 Å². The first-order valence-corrected chi connectivity index (χ1v) is 7.37. The smallest absolute Gasteiger partial charge is 0.115 e. The van der Waals surface area contributed by atoms with Crippen molar-refractivity contribution in [2.75, 3.05) is 6.61 Å². The number of phenolic OH excluding ortho intramolecular Hbond substituents is 1. The molecule has 1 unspecified atom stereocenters. The Bertz CT molecular complexity index is 569. The molecule has 2 rings (SSSR count). The lowest BCUT2D eigenvalue weighted by molar-refractivity contribution is 0.133. The second-order valence-electron chi connectivity index (χ2n) is 5.10. The monoisotopic (exact) mass is 285 g/mol. The summed E-state index contributed by atoms with van der Waals surface area (Å²) >= 11 is 0. The molecule has 21 heavy (non-hydrogen) atoms. The van der Waals surface area contributed by atoms with E-state index in [2.05, 4.69) is 24.4 Å². The van der Waals surface area contributed by atoms with Crippen LogP contribution in [0.5, 0.6) is 5.75 Å². The zero-order chi connectivity index (χ0) is 15.1. The Morgan fingerprint density at radius 2 is 1.86 bits per heavy atom. The SMILES string of the molecule is CCOCc1ccccc1CNC(C)c1cccc(O)c1. The number of nitrogens with one attached hydrogen (secondary N) is 1. The van der Waals surface area contributed by atoms with E-state index in [1.54, 1.807) is 12.1 Å². The van der Waals surface area contributed by atoms with Crippen molar-refractivity contribution in [3.63, 3.8) is 0 Å². The molecule has 0 fully saturated rings. The van der Waals surface area contributed by atoms with Crippen molar-refractivity contribution >= 4 is 0 Å². The van der Waals surface area contributed by atoms with Gasteiger partial charge in [-0.25, -0.2) is 0 Å². The van der Waals surface area contributed by atoms with Crippen molar-refractivity contribution in [1.82, 2.24) is 5.32 Å². The Hall–Kier alpha value is -1.84. The molecule has 0 saturated heterocycles. The molecule has 2 N–H and O–H groups in total. The molecule has 0 spiro atoms. The van der Waals surface area contributed by atoms with Crippen molar-refractivity contribution in [3.05, 3.63) is 65.2 Å². The number of aromatic hydroxyl groups is 1. The molecule has 1 atom stereocenters. The lowest BCUT2D eigenvalue weighted by Gasteiger charge is -2.16. The second-order valence-corrected chi connectivity index (χ2v) is 5.10. The van der Waals surface area contributed by atoms with Crippen molar-refractivity contribution in [3.8, 4) is 5.75 Å². The predicted octanol–water partition coefficient (Wildman–Crippen LogP) is 3.78. The molecule has 112 valence electrons. The van der Waals surface area contributed by atoms with Crippen LogP contribution in [0.25, 0.3) is 0 Å². The maximum atomic E-state index is 9.54. The topological polar surface area (TPSA) is 41.5 Å².